The van der Waals surface area contributed by atoms with Crippen molar-refractivity contribution in [2.75, 3.05) is 6.54 Å². The minimum atomic E-state index is -0.0796. The highest BCUT2D eigenvalue weighted by Gasteiger charge is 2.11. The fourth-order valence-corrected chi connectivity index (χ4v) is 3.03. The van der Waals surface area contributed by atoms with Crippen LogP contribution >= 0.6 is 23.2 Å². The van der Waals surface area contributed by atoms with Crippen molar-refractivity contribution in [1.29, 1.82) is 0 Å². The molecule has 0 aliphatic rings. The Labute approximate surface area is 150 Å². The van der Waals surface area contributed by atoms with Crippen LogP contribution in [-0.2, 0) is 6.42 Å². The molecule has 24 heavy (non-hydrogen) atoms. The van der Waals surface area contributed by atoms with Gasteiger partial charge in [-0.2, -0.15) is 0 Å². The molecule has 124 valence electrons. The highest BCUT2D eigenvalue weighted by atomic mass is 35.5. The number of nitrogens with one attached hydrogen (secondary N) is 2. The lowest BCUT2D eigenvalue weighted by Crippen LogP contribution is -2.23. The molecule has 3 rings (SSSR count). The van der Waals surface area contributed by atoms with Gasteiger partial charge in [0, 0.05) is 28.6 Å². The number of rotatable bonds is 5. The molecule has 0 unspecified atom stereocenters. The summed E-state index contributed by atoms with van der Waals surface area (Å²) >= 11 is 12.4. The van der Waals surface area contributed by atoms with E-state index in [1.165, 1.54) is 0 Å². The van der Waals surface area contributed by atoms with Crippen molar-refractivity contribution >= 4 is 40.1 Å². The van der Waals surface area contributed by atoms with E-state index >= 15 is 0 Å². The summed E-state index contributed by atoms with van der Waals surface area (Å²) in [4.78, 5) is 19.8. The third kappa shape index (κ3) is 3.55. The summed E-state index contributed by atoms with van der Waals surface area (Å²) in [5.74, 6) is 0.676. The number of aromatic amines is 1. The number of carbonyl (C=O) groups is 1. The Morgan fingerprint density at radius 1 is 1.21 bits per heavy atom. The van der Waals surface area contributed by atoms with Crippen molar-refractivity contribution in [3.63, 3.8) is 0 Å². The van der Waals surface area contributed by atoms with E-state index in [4.69, 9.17) is 23.2 Å². The zero-order chi connectivity index (χ0) is 17.1. The largest absolute Gasteiger partial charge is 0.352 e. The second kappa shape index (κ2) is 7.24. The maximum absolute atomic E-state index is 12.1. The zero-order valence-electron chi connectivity index (χ0n) is 13.2. The number of nitrogens with zero attached hydrogens (tertiary/aromatic N) is 1. The van der Waals surface area contributed by atoms with Gasteiger partial charge in [-0.1, -0.05) is 36.2 Å². The topological polar surface area (TPSA) is 57.8 Å². The van der Waals surface area contributed by atoms with E-state index in [2.05, 4.69) is 15.3 Å². The van der Waals surface area contributed by atoms with Crippen LogP contribution in [0.2, 0.25) is 10.0 Å². The number of amides is 1. The second-order valence-electron chi connectivity index (χ2n) is 5.55. The molecule has 3 aromatic rings. The van der Waals surface area contributed by atoms with Crippen molar-refractivity contribution in [1.82, 2.24) is 15.3 Å². The van der Waals surface area contributed by atoms with Gasteiger partial charge in [0.05, 0.1) is 11.0 Å². The van der Waals surface area contributed by atoms with Gasteiger partial charge in [-0.3, -0.25) is 4.79 Å². The van der Waals surface area contributed by atoms with Gasteiger partial charge in [-0.25, -0.2) is 4.98 Å². The summed E-state index contributed by atoms with van der Waals surface area (Å²) in [7, 11) is 0. The van der Waals surface area contributed by atoms with Crippen LogP contribution in [0.4, 0.5) is 0 Å². The number of H-pyrrole nitrogens is 1. The van der Waals surface area contributed by atoms with Crippen molar-refractivity contribution in [2.45, 2.75) is 19.8 Å². The van der Waals surface area contributed by atoms with Gasteiger partial charge in [-0.15, -0.1) is 0 Å². The highest BCUT2D eigenvalue weighted by Crippen LogP contribution is 2.27. The first-order valence-corrected chi connectivity index (χ1v) is 8.54. The monoisotopic (exact) mass is 361 g/mol. The summed E-state index contributed by atoms with van der Waals surface area (Å²) in [6, 6.07) is 10.9. The molecule has 0 spiro atoms. The molecule has 1 heterocycles. The highest BCUT2D eigenvalue weighted by molar-refractivity contribution is 6.36. The van der Waals surface area contributed by atoms with Gasteiger partial charge in [0.15, 0.2) is 0 Å². The third-order valence-electron chi connectivity index (χ3n) is 3.73. The van der Waals surface area contributed by atoms with E-state index < -0.39 is 0 Å². The number of benzene rings is 2. The molecule has 2 N–H and O–H groups in total. The Bertz CT molecular complexity index is 869. The molecule has 6 heteroatoms. The Balaban J connectivity index is 1.87. The van der Waals surface area contributed by atoms with Crippen LogP contribution in [0.1, 0.15) is 35.1 Å². The number of hydrogen-bond acceptors (Lipinski definition) is 2. The SMILES string of the molecule is CCCNC(=O)c1ccc2nc(Cc3c(Cl)cccc3Cl)[nH]c2c1. The summed E-state index contributed by atoms with van der Waals surface area (Å²) < 4.78 is 0. The molecule has 0 saturated heterocycles. The fraction of sp³-hybridized carbons (Fsp3) is 0.222. The number of hydrogen-bond donors (Lipinski definition) is 2. The van der Waals surface area contributed by atoms with E-state index in [9.17, 15) is 4.79 Å². The lowest BCUT2D eigenvalue weighted by atomic mass is 10.1. The van der Waals surface area contributed by atoms with Gasteiger partial charge >= 0.3 is 0 Å². The van der Waals surface area contributed by atoms with E-state index in [1.54, 1.807) is 6.07 Å². The minimum absolute atomic E-state index is 0.0796. The first-order chi connectivity index (χ1) is 11.6. The number of halogens is 2. The first-order valence-electron chi connectivity index (χ1n) is 7.78. The predicted molar refractivity (Wildman–Crippen MR) is 98.0 cm³/mol. The van der Waals surface area contributed by atoms with Gasteiger partial charge < -0.3 is 10.3 Å². The Morgan fingerprint density at radius 2 is 1.96 bits per heavy atom. The molecule has 0 bridgehead atoms. The lowest BCUT2D eigenvalue weighted by Gasteiger charge is -2.04. The van der Waals surface area contributed by atoms with Gasteiger partial charge in [-0.05, 0) is 42.3 Å². The van der Waals surface area contributed by atoms with Crippen LogP contribution in [-0.4, -0.2) is 22.4 Å². The molecule has 0 atom stereocenters. The zero-order valence-corrected chi connectivity index (χ0v) is 14.7. The second-order valence-corrected chi connectivity index (χ2v) is 6.36. The standard InChI is InChI=1S/C18H17Cl2N3O/c1-2-8-21-18(24)11-6-7-15-16(9-11)23-17(22-15)10-12-13(19)4-3-5-14(12)20/h3-7,9H,2,8,10H2,1H3,(H,21,24)(H,22,23). The first kappa shape index (κ1) is 16.8. The van der Waals surface area contributed by atoms with Crippen LogP contribution in [0.5, 0.6) is 0 Å². The molecule has 2 aromatic carbocycles. The Kier molecular flexibility index (Phi) is 5.07. The van der Waals surface area contributed by atoms with E-state index in [1.807, 2.05) is 37.3 Å². The third-order valence-corrected chi connectivity index (χ3v) is 4.44. The molecule has 1 aromatic heterocycles. The number of fused-ring (bicyclic) bond motifs is 1. The summed E-state index contributed by atoms with van der Waals surface area (Å²) in [6.07, 6.45) is 1.41. The van der Waals surface area contributed by atoms with Gasteiger partial charge in [0.1, 0.15) is 5.82 Å². The van der Waals surface area contributed by atoms with Gasteiger partial charge in [0.2, 0.25) is 0 Å². The molecule has 0 fully saturated rings. The average Bonchev–Trinajstić information content (AvgIpc) is 2.97. The van der Waals surface area contributed by atoms with Crippen LogP contribution in [0.15, 0.2) is 36.4 Å². The maximum Gasteiger partial charge on any atom is 0.251 e. The molecule has 0 aliphatic carbocycles. The molecule has 0 saturated carbocycles. The summed E-state index contributed by atoms with van der Waals surface area (Å²) in [6.45, 7) is 2.68. The number of aromatic nitrogens is 2. The molecule has 0 aliphatic heterocycles. The predicted octanol–water partition coefficient (Wildman–Crippen LogP) is 4.60. The smallest absolute Gasteiger partial charge is 0.251 e. The maximum atomic E-state index is 12.1. The Hall–Kier alpha value is -2.04. The van der Waals surface area contributed by atoms with Crippen molar-refractivity contribution < 1.29 is 4.79 Å². The number of carbonyl (C=O) groups excluding carboxylic acids is 1. The molecular weight excluding hydrogens is 345 g/mol. The Morgan fingerprint density at radius 3 is 2.67 bits per heavy atom. The van der Waals surface area contributed by atoms with Crippen molar-refractivity contribution in [3.8, 4) is 0 Å². The average molecular weight is 362 g/mol. The van der Waals surface area contributed by atoms with Crippen molar-refractivity contribution in [2.24, 2.45) is 0 Å². The summed E-state index contributed by atoms with van der Waals surface area (Å²) in [5.41, 5.74) is 3.07. The van der Waals surface area contributed by atoms with E-state index in [-0.39, 0.29) is 5.91 Å². The summed E-state index contributed by atoms with van der Waals surface area (Å²) in [5, 5.41) is 4.09. The minimum Gasteiger partial charge on any atom is -0.352 e. The van der Waals surface area contributed by atoms with Gasteiger partial charge in [0.25, 0.3) is 5.91 Å². The molecular formula is C18H17Cl2N3O. The van der Waals surface area contributed by atoms with E-state index in [0.717, 1.165) is 28.8 Å². The molecule has 4 nitrogen and oxygen atoms in total. The molecule has 1 amide bonds. The van der Waals surface area contributed by atoms with Crippen LogP contribution in [0.25, 0.3) is 11.0 Å². The quantitative estimate of drug-likeness (QED) is 0.697. The normalized spacial score (nSPS) is 11.0. The molecule has 0 radical (unpaired) electrons. The van der Waals surface area contributed by atoms with E-state index in [0.29, 0.717) is 28.6 Å². The van der Waals surface area contributed by atoms with Crippen LogP contribution in [0, 0.1) is 0 Å². The number of imidazole rings is 1. The lowest BCUT2D eigenvalue weighted by molar-refractivity contribution is 0.0954. The van der Waals surface area contributed by atoms with Crippen molar-refractivity contribution in [3.05, 3.63) is 63.4 Å². The van der Waals surface area contributed by atoms with Crippen LogP contribution in [0.3, 0.4) is 0 Å². The fourth-order valence-electron chi connectivity index (χ4n) is 2.50. The van der Waals surface area contributed by atoms with Crippen LogP contribution < -0.4 is 5.32 Å².